The summed E-state index contributed by atoms with van der Waals surface area (Å²) >= 11 is 5.88. The molecule has 1 aliphatic rings. The molecule has 29 heavy (non-hydrogen) atoms. The van der Waals surface area contributed by atoms with Crippen molar-refractivity contribution in [1.29, 1.82) is 0 Å². The fourth-order valence-corrected chi connectivity index (χ4v) is 3.50. The van der Waals surface area contributed by atoms with Crippen molar-refractivity contribution in [2.75, 3.05) is 38.0 Å². The van der Waals surface area contributed by atoms with Crippen LogP contribution in [-0.4, -0.2) is 49.4 Å². The van der Waals surface area contributed by atoms with Gasteiger partial charge in [0.25, 0.3) is 5.91 Å². The van der Waals surface area contributed by atoms with Crippen LogP contribution in [0, 0.1) is 13.8 Å². The van der Waals surface area contributed by atoms with Gasteiger partial charge in [0, 0.05) is 16.8 Å². The van der Waals surface area contributed by atoms with Crippen molar-refractivity contribution in [1.82, 2.24) is 4.90 Å². The minimum atomic E-state index is -0.00108. The number of amides is 2. The number of benzene rings is 2. The molecule has 6 heteroatoms. The van der Waals surface area contributed by atoms with E-state index in [1.165, 1.54) is 4.90 Å². The van der Waals surface area contributed by atoms with E-state index in [0.29, 0.717) is 24.7 Å². The first-order chi connectivity index (χ1) is 13.9. The predicted molar refractivity (Wildman–Crippen MR) is 117 cm³/mol. The second-order valence-electron chi connectivity index (χ2n) is 7.43. The Morgan fingerprint density at radius 3 is 2.48 bits per heavy atom. The Labute approximate surface area is 177 Å². The molecule has 0 bridgehead atoms. The first-order valence-electron chi connectivity index (χ1n) is 9.84. The summed E-state index contributed by atoms with van der Waals surface area (Å²) in [6, 6.07) is 13.3. The highest BCUT2D eigenvalue weighted by molar-refractivity contribution is 6.30. The number of rotatable bonds is 5. The lowest BCUT2D eigenvalue weighted by atomic mass is 10.1. The van der Waals surface area contributed by atoms with E-state index >= 15 is 0 Å². The van der Waals surface area contributed by atoms with E-state index < -0.39 is 0 Å². The minimum Gasteiger partial charge on any atom is -0.328 e. The second-order valence-corrected chi connectivity index (χ2v) is 7.87. The van der Waals surface area contributed by atoms with Crippen molar-refractivity contribution in [3.8, 4) is 0 Å². The largest absolute Gasteiger partial charge is 0.328 e. The van der Waals surface area contributed by atoms with Gasteiger partial charge in [-0.3, -0.25) is 9.59 Å². The topological polar surface area (TPSA) is 53.9 Å². The van der Waals surface area contributed by atoms with Crippen LogP contribution in [-0.2, 0) is 9.59 Å². The molecule has 0 radical (unpaired) electrons. The van der Waals surface area contributed by atoms with Gasteiger partial charge >= 0.3 is 0 Å². The van der Waals surface area contributed by atoms with Crippen LogP contribution < -0.4 is 10.2 Å². The van der Waals surface area contributed by atoms with E-state index in [0.717, 1.165) is 35.5 Å². The third-order valence-corrected chi connectivity index (χ3v) is 5.61. The number of carbonyl (C=O) groups is 2. The molecule has 0 saturated carbocycles. The molecule has 0 unspecified atom stereocenters. The second kappa shape index (κ2) is 9.72. The molecule has 152 valence electrons. The third kappa shape index (κ3) is 5.92. The lowest BCUT2D eigenvalue weighted by molar-refractivity contribution is -0.895. The average molecular weight is 413 g/mol. The summed E-state index contributed by atoms with van der Waals surface area (Å²) in [5.74, 6) is 0.00921. The number of aryl methyl sites for hydroxylation is 1. The normalized spacial score (nSPS) is 14.9. The molecule has 0 spiro atoms. The number of nitrogens with one attached hydrogen (secondary N) is 2. The highest BCUT2D eigenvalue weighted by atomic mass is 35.5. The maximum atomic E-state index is 12.4. The van der Waals surface area contributed by atoms with Crippen LogP contribution in [0.2, 0.25) is 5.02 Å². The van der Waals surface area contributed by atoms with Crippen LogP contribution in [0.4, 0.5) is 5.69 Å². The highest BCUT2D eigenvalue weighted by Gasteiger charge is 2.24. The Kier molecular flexibility index (Phi) is 7.07. The van der Waals surface area contributed by atoms with Crippen molar-refractivity contribution in [3.63, 3.8) is 0 Å². The Morgan fingerprint density at radius 2 is 1.79 bits per heavy atom. The molecule has 1 aliphatic heterocycles. The van der Waals surface area contributed by atoms with Gasteiger partial charge < -0.3 is 15.1 Å². The van der Waals surface area contributed by atoms with Crippen molar-refractivity contribution < 1.29 is 14.5 Å². The van der Waals surface area contributed by atoms with Gasteiger partial charge in [0.1, 0.15) is 0 Å². The van der Waals surface area contributed by atoms with Gasteiger partial charge in [-0.25, -0.2) is 0 Å². The van der Waals surface area contributed by atoms with Crippen LogP contribution in [0.1, 0.15) is 16.7 Å². The van der Waals surface area contributed by atoms with Crippen LogP contribution in [0.15, 0.2) is 48.5 Å². The number of anilines is 1. The van der Waals surface area contributed by atoms with E-state index in [9.17, 15) is 9.59 Å². The van der Waals surface area contributed by atoms with E-state index in [-0.39, 0.29) is 11.8 Å². The van der Waals surface area contributed by atoms with Gasteiger partial charge in [-0.05, 0) is 54.8 Å². The highest BCUT2D eigenvalue weighted by Crippen LogP contribution is 2.17. The summed E-state index contributed by atoms with van der Waals surface area (Å²) in [7, 11) is 0. The lowest BCUT2D eigenvalue weighted by Crippen LogP contribution is -3.15. The predicted octanol–water partition coefficient (Wildman–Crippen LogP) is 2.34. The number of carbonyl (C=O) groups excluding carboxylic acids is 2. The number of hydrogen-bond acceptors (Lipinski definition) is 2. The number of quaternary nitrogens is 1. The number of hydrogen-bond donors (Lipinski definition) is 2. The Hall–Kier alpha value is -2.63. The van der Waals surface area contributed by atoms with Gasteiger partial charge in [-0.15, -0.1) is 0 Å². The summed E-state index contributed by atoms with van der Waals surface area (Å²) in [5, 5.41) is 3.69. The van der Waals surface area contributed by atoms with E-state index in [2.05, 4.69) is 5.32 Å². The molecule has 2 N–H and O–H groups in total. The van der Waals surface area contributed by atoms with Crippen LogP contribution in [0.5, 0.6) is 0 Å². The van der Waals surface area contributed by atoms with Gasteiger partial charge in [0.2, 0.25) is 5.91 Å². The molecular weight excluding hydrogens is 386 g/mol. The Morgan fingerprint density at radius 1 is 1.10 bits per heavy atom. The zero-order valence-corrected chi connectivity index (χ0v) is 17.6. The van der Waals surface area contributed by atoms with Gasteiger partial charge in [-0.2, -0.15) is 0 Å². The van der Waals surface area contributed by atoms with Crippen molar-refractivity contribution in [3.05, 3.63) is 70.3 Å². The van der Waals surface area contributed by atoms with E-state index in [1.54, 1.807) is 24.3 Å². The third-order valence-electron chi connectivity index (χ3n) is 5.36. The summed E-state index contributed by atoms with van der Waals surface area (Å²) in [6.07, 6.45) is 3.40. The molecule has 0 aliphatic carbocycles. The molecule has 2 amide bonds. The van der Waals surface area contributed by atoms with Gasteiger partial charge in [0.05, 0.1) is 26.2 Å². The SMILES string of the molecule is Cc1cccc(NC(=O)C[NH+]2CCN(C(=O)/C=C/c3ccc(Cl)cc3)CC2)c1C. The number of piperazine rings is 1. The molecule has 1 heterocycles. The Balaban J connectivity index is 1.46. The molecule has 3 rings (SSSR count). The molecule has 5 nitrogen and oxygen atoms in total. The number of nitrogens with zero attached hydrogens (tertiary/aromatic N) is 1. The molecule has 0 atom stereocenters. The fourth-order valence-electron chi connectivity index (χ4n) is 3.37. The number of halogens is 1. The lowest BCUT2D eigenvalue weighted by Gasteiger charge is -2.31. The quantitative estimate of drug-likeness (QED) is 0.740. The first-order valence-corrected chi connectivity index (χ1v) is 10.2. The summed E-state index contributed by atoms with van der Waals surface area (Å²) in [5.41, 5.74) is 4.07. The minimum absolute atomic E-state index is 0.00108. The zero-order chi connectivity index (χ0) is 20.8. The molecule has 1 saturated heterocycles. The zero-order valence-electron chi connectivity index (χ0n) is 16.9. The summed E-state index contributed by atoms with van der Waals surface area (Å²) in [4.78, 5) is 27.8. The van der Waals surface area contributed by atoms with E-state index in [4.69, 9.17) is 11.6 Å². The van der Waals surface area contributed by atoms with Crippen LogP contribution in [0.3, 0.4) is 0 Å². The Bertz CT molecular complexity index is 901. The monoisotopic (exact) mass is 412 g/mol. The van der Waals surface area contributed by atoms with Crippen LogP contribution in [0.25, 0.3) is 6.08 Å². The molecular formula is C23H27ClN3O2+. The average Bonchev–Trinajstić information content (AvgIpc) is 2.71. The molecule has 0 aromatic heterocycles. The first kappa shape index (κ1) is 21.1. The maximum absolute atomic E-state index is 12.4. The van der Waals surface area contributed by atoms with Crippen molar-refractivity contribution >= 4 is 35.2 Å². The van der Waals surface area contributed by atoms with E-state index in [1.807, 2.05) is 49.1 Å². The van der Waals surface area contributed by atoms with Crippen molar-refractivity contribution in [2.45, 2.75) is 13.8 Å². The molecule has 2 aromatic rings. The van der Waals surface area contributed by atoms with Gasteiger partial charge in [0.15, 0.2) is 6.54 Å². The summed E-state index contributed by atoms with van der Waals surface area (Å²) < 4.78 is 0. The summed E-state index contributed by atoms with van der Waals surface area (Å²) in [6.45, 7) is 7.29. The molecule has 2 aromatic carbocycles. The van der Waals surface area contributed by atoms with Crippen LogP contribution >= 0.6 is 11.6 Å². The smallest absolute Gasteiger partial charge is 0.279 e. The van der Waals surface area contributed by atoms with Crippen molar-refractivity contribution in [2.24, 2.45) is 0 Å². The maximum Gasteiger partial charge on any atom is 0.279 e. The van der Waals surface area contributed by atoms with Gasteiger partial charge in [-0.1, -0.05) is 35.9 Å². The fraction of sp³-hybridized carbons (Fsp3) is 0.304. The standard InChI is InChI=1S/C23H26ClN3O2/c1-17-4-3-5-21(18(17)2)25-22(28)16-26-12-14-27(15-13-26)23(29)11-8-19-6-9-20(24)10-7-19/h3-11H,12-16H2,1-2H3,(H,25,28)/p+1/b11-8+. The molecule has 1 fully saturated rings.